The molecule has 4 heteroatoms. The molecule has 4 nitrogen and oxygen atoms in total. The zero-order valence-electron chi connectivity index (χ0n) is 18.8. The molecule has 1 atom stereocenters. The van der Waals surface area contributed by atoms with Crippen molar-refractivity contribution in [2.45, 2.75) is 6.08 Å². The van der Waals surface area contributed by atoms with Crippen LogP contribution in [0, 0.1) is 0 Å². The van der Waals surface area contributed by atoms with Crippen LogP contribution in [0.2, 0.25) is 0 Å². The lowest BCUT2D eigenvalue weighted by molar-refractivity contribution is -0.858. The molecule has 0 radical (unpaired) electrons. The van der Waals surface area contributed by atoms with Gasteiger partial charge in [0.05, 0.1) is 33.2 Å². The molecule has 0 aliphatic carbocycles. The highest BCUT2D eigenvalue weighted by molar-refractivity contribution is 5.25. The molecule has 0 fully saturated rings. The summed E-state index contributed by atoms with van der Waals surface area (Å²) in [6.07, 6.45) is -1.17. The zero-order valence-corrected chi connectivity index (χ0v) is 10.8. The minimum Gasteiger partial charge on any atom is -0.361 e. The summed E-state index contributed by atoms with van der Waals surface area (Å²) in [7, 11) is 2.84. The lowest BCUT2D eigenvalue weighted by atomic mass is 10.1. The van der Waals surface area contributed by atoms with Crippen LogP contribution in [0.1, 0.15) is 28.3 Å². The van der Waals surface area contributed by atoms with Crippen molar-refractivity contribution >= 4 is 0 Å². The Hall–Kier alpha value is -1.65. The SMILES string of the molecule is [2H]C(OC([2H])([2H])C([2H])([2H])[NH+](C)C)(c1ccccc1)c1ccnn1C([2H])([2H])[2H]. The number of hydrogen-bond acceptors (Lipinski definition) is 2. The normalized spacial score (nSPS) is 22.9. The minimum absolute atomic E-state index is 0.118. The lowest BCUT2D eigenvalue weighted by Gasteiger charge is -2.19. The molecule has 0 aliphatic heterocycles. The molecular weight excluding hydrogens is 238 g/mol. The molecule has 2 aromatic rings. The third-order valence-electron chi connectivity index (χ3n) is 2.37. The van der Waals surface area contributed by atoms with E-state index in [2.05, 4.69) is 5.10 Å². The van der Waals surface area contributed by atoms with Crippen molar-refractivity contribution in [3.05, 3.63) is 53.9 Å². The van der Waals surface area contributed by atoms with Crippen LogP contribution in [-0.4, -0.2) is 36.9 Å². The Bertz CT molecular complexity index is 775. The van der Waals surface area contributed by atoms with E-state index in [4.69, 9.17) is 15.7 Å². The first-order chi connectivity index (χ1) is 12.2. The fourth-order valence-corrected chi connectivity index (χ4v) is 1.50. The smallest absolute Gasteiger partial charge is 0.124 e. The second-order valence-corrected chi connectivity index (χ2v) is 4.15. The second-order valence-electron chi connectivity index (χ2n) is 4.15. The predicted molar refractivity (Wildman–Crippen MR) is 75.1 cm³/mol. The van der Waals surface area contributed by atoms with Crippen LogP contribution < -0.4 is 4.90 Å². The van der Waals surface area contributed by atoms with Gasteiger partial charge in [-0.25, -0.2) is 0 Å². The Morgan fingerprint density at radius 3 is 2.89 bits per heavy atom. The van der Waals surface area contributed by atoms with E-state index in [0.717, 1.165) is 0 Å². The van der Waals surface area contributed by atoms with E-state index in [0.29, 0.717) is 4.68 Å². The molecule has 1 heterocycles. The number of benzene rings is 1. The van der Waals surface area contributed by atoms with Crippen LogP contribution in [0.5, 0.6) is 0 Å². The summed E-state index contributed by atoms with van der Waals surface area (Å²) in [6.45, 7) is -8.16. The molecule has 102 valence electrons. The maximum atomic E-state index is 8.87. The number of likely N-dealkylation sites (N-methyl/N-ethyl adjacent to an activating group) is 1. The van der Waals surface area contributed by atoms with Gasteiger partial charge in [-0.2, -0.15) is 5.10 Å². The van der Waals surface area contributed by atoms with E-state index >= 15 is 0 Å². The standard InChI is InChI=1S/C15H21N3O/c1-17(2)11-12-19-15(13-7-5-4-6-8-13)14-9-10-16-18(14)3/h4-10,15H,11-12H2,1-3H3/p+1/i3D3,11D2,12D2,15D. The second kappa shape index (κ2) is 6.50. The van der Waals surface area contributed by atoms with Crippen LogP contribution in [0.15, 0.2) is 42.6 Å². The maximum Gasteiger partial charge on any atom is 0.124 e. The molecule has 1 unspecified atom stereocenters. The Morgan fingerprint density at radius 1 is 1.42 bits per heavy atom. The van der Waals surface area contributed by atoms with Crippen LogP contribution in [-0.2, 0) is 11.7 Å². The van der Waals surface area contributed by atoms with Crippen LogP contribution >= 0.6 is 0 Å². The summed E-state index contributed by atoms with van der Waals surface area (Å²) in [6, 6.07) is 9.10. The minimum atomic E-state index is -2.92. The Labute approximate surface area is 125 Å². The monoisotopic (exact) mass is 268 g/mol. The third kappa shape index (κ3) is 3.66. The summed E-state index contributed by atoms with van der Waals surface area (Å²) in [5.41, 5.74) is -0.0911. The first-order valence-corrected chi connectivity index (χ1v) is 5.85. The topological polar surface area (TPSA) is 31.5 Å². The Morgan fingerprint density at radius 2 is 2.21 bits per heavy atom. The fourth-order valence-electron chi connectivity index (χ4n) is 1.50. The number of ether oxygens (including phenoxy) is 1. The molecule has 0 bridgehead atoms. The van der Waals surface area contributed by atoms with Gasteiger partial charge in [0.2, 0.25) is 0 Å². The van der Waals surface area contributed by atoms with Crippen LogP contribution in [0.4, 0.5) is 0 Å². The largest absolute Gasteiger partial charge is 0.361 e. The highest BCUT2D eigenvalue weighted by Crippen LogP contribution is 2.24. The highest BCUT2D eigenvalue weighted by atomic mass is 16.5. The molecule has 2 rings (SSSR count). The molecule has 1 N–H and O–H groups in total. The van der Waals surface area contributed by atoms with Gasteiger partial charge in [-0.15, -0.1) is 0 Å². The molecule has 0 saturated carbocycles. The van der Waals surface area contributed by atoms with Crippen LogP contribution in [0.3, 0.4) is 0 Å². The van der Waals surface area contributed by atoms with Gasteiger partial charge in [0.15, 0.2) is 0 Å². The first-order valence-electron chi connectivity index (χ1n) is 9.85. The lowest BCUT2D eigenvalue weighted by Crippen LogP contribution is -3.06. The molecule has 19 heavy (non-hydrogen) atoms. The number of hydrogen-bond donors (Lipinski definition) is 1. The molecule has 1 aromatic heterocycles. The summed E-state index contributed by atoms with van der Waals surface area (Å²) in [5, 5.41) is 3.74. The molecule has 0 amide bonds. The average Bonchev–Trinajstić information content (AvgIpc) is 3.05. The summed E-state index contributed by atoms with van der Waals surface area (Å²) in [5.74, 6) is 0. The first kappa shape index (κ1) is 6.68. The van der Waals surface area contributed by atoms with E-state index in [1.165, 1.54) is 38.5 Å². The zero-order chi connectivity index (χ0) is 20.7. The van der Waals surface area contributed by atoms with Crippen molar-refractivity contribution in [3.63, 3.8) is 0 Å². The molecule has 0 aliphatic rings. The fraction of sp³-hybridized carbons (Fsp3) is 0.400. The van der Waals surface area contributed by atoms with Gasteiger partial charge in [0.25, 0.3) is 0 Å². The highest BCUT2D eigenvalue weighted by Gasteiger charge is 2.18. The van der Waals surface area contributed by atoms with Gasteiger partial charge >= 0.3 is 0 Å². The predicted octanol–water partition coefficient (Wildman–Crippen LogP) is 0.671. The average molecular weight is 268 g/mol. The van der Waals surface area contributed by atoms with Crippen molar-refractivity contribution in [2.24, 2.45) is 6.98 Å². The molecule has 0 spiro atoms. The van der Waals surface area contributed by atoms with E-state index < -0.39 is 26.1 Å². The quantitative estimate of drug-likeness (QED) is 0.835. The van der Waals surface area contributed by atoms with Crippen molar-refractivity contribution < 1.29 is 20.6 Å². The third-order valence-corrected chi connectivity index (χ3v) is 2.37. The number of rotatable bonds is 6. The number of aryl methyl sites for hydroxylation is 1. The Kier molecular flexibility index (Phi) is 2.28. The van der Waals surface area contributed by atoms with Gasteiger partial charge in [0, 0.05) is 17.3 Å². The van der Waals surface area contributed by atoms with Crippen molar-refractivity contribution in [1.29, 1.82) is 0 Å². The molecule has 0 saturated heterocycles. The van der Waals surface area contributed by atoms with Crippen LogP contribution in [0.25, 0.3) is 0 Å². The molecular formula is C15H22N3O+. The Balaban J connectivity index is 2.66. The number of quaternary nitrogens is 1. The van der Waals surface area contributed by atoms with Crippen molar-refractivity contribution in [3.8, 4) is 0 Å². The van der Waals surface area contributed by atoms with Gasteiger partial charge in [-0.05, 0) is 11.6 Å². The number of nitrogens with zero attached hydrogens (tertiary/aromatic N) is 2. The molecule has 1 aromatic carbocycles. The maximum absolute atomic E-state index is 8.87. The summed E-state index contributed by atoms with van der Waals surface area (Å²) >= 11 is 0. The van der Waals surface area contributed by atoms with Gasteiger partial charge in [-0.3, -0.25) is 4.68 Å². The van der Waals surface area contributed by atoms with E-state index in [9.17, 15) is 0 Å². The summed E-state index contributed by atoms with van der Waals surface area (Å²) in [4.78, 5) is 0.118. The number of aromatic nitrogens is 2. The van der Waals surface area contributed by atoms with E-state index in [1.807, 2.05) is 0 Å². The van der Waals surface area contributed by atoms with Gasteiger partial charge in [0.1, 0.15) is 12.6 Å². The number of nitrogens with one attached hydrogen (secondary N) is 1. The van der Waals surface area contributed by atoms with E-state index in [1.54, 1.807) is 18.2 Å². The van der Waals surface area contributed by atoms with Gasteiger partial charge in [-0.1, -0.05) is 30.3 Å². The van der Waals surface area contributed by atoms with Crippen molar-refractivity contribution in [2.75, 3.05) is 27.2 Å². The van der Waals surface area contributed by atoms with Gasteiger partial charge < -0.3 is 9.64 Å². The van der Waals surface area contributed by atoms with E-state index in [-0.39, 0.29) is 16.2 Å². The summed E-state index contributed by atoms with van der Waals surface area (Å²) < 4.78 is 70.1. The van der Waals surface area contributed by atoms with Crippen molar-refractivity contribution in [1.82, 2.24) is 9.78 Å².